The molecule has 2 heterocycles. The summed E-state index contributed by atoms with van der Waals surface area (Å²) in [5, 5.41) is 0. The minimum Gasteiger partial charge on any atom is -0.457 e. The predicted molar refractivity (Wildman–Crippen MR) is 109 cm³/mol. The van der Waals surface area contributed by atoms with Crippen molar-refractivity contribution in [1.82, 2.24) is 14.5 Å². The molecule has 0 radical (unpaired) electrons. The summed E-state index contributed by atoms with van der Waals surface area (Å²) < 4.78 is 8.07. The molecule has 3 aromatic rings. The fourth-order valence-corrected chi connectivity index (χ4v) is 3.79. The van der Waals surface area contributed by atoms with Gasteiger partial charge in [-0.05, 0) is 50.1 Å². The molecule has 1 aliphatic rings. The highest BCUT2D eigenvalue weighted by Gasteiger charge is 2.26. The fourth-order valence-electron chi connectivity index (χ4n) is 3.79. The van der Waals surface area contributed by atoms with Gasteiger partial charge < -0.3 is 14.2 Å². The van der Waals surface area contributed by atoms with E-state index in [0.717, 1.165) is 44.0 Å². The number of nitrogens with zero attached hydrogens (tertiary/aromatic N) is 3. The van der Waals surface area contributed by atoms with Crippen LogP contribution < -0.4 is 4.74 Å². The van der Waals surface area contributed by atoms with Crippen LogP contribution in [0.3, 0.4) is 0 Å². The average molecular weight is 375 g/mol. The van der Waals surface area contributed by atoms with Gasteiger partial charge in [-0.1, -0.05) is 24.3 Å². The Balaban J connectivity index is 1.41. The lowest BCUT2D eigenvalue weighted by Crippen LogP contribution is -2.38. The van der Waals surface area contributed by atoms with Crippen molar-refractivity contribution in [2.75, 3.05) is 13.1 Å². The monoisotopic (exact) mass is 375 g/mol. The molecule has 1 aromatic heterocycles. The molecule has 28 heavy (non-hydrogen) atoms. The molecule has 0 aliphatic carbocycles. The van der Waals surface area contributed by atoms with Crippen molar-refractivity contribution >= 4 is 5.91 Å². The molecule has 5 nitrogen and oxygen atoms in total. The molecule has 144 valence electrons. The number of para-hydroxylation sites is 1. The zero-order valence-corrected chi connectivity index (χ0v) is 16.1. The van der Waals surface area contributed by atoms with Crippen molar-refractivity contribution in [2.24, 2.45) is 0 Å². The summed E-state index contributed by atoms with van der Waals surface area (Å²) in [6.07, 6.45) is 5.80. The minimum atomic E-state index is 0.0656. The Bertz CT molecular complexity index is 928. The van der Waals surface area contributed by atoms with Gasteiger partial charge in [0, 0.05) is 43.5 Å². The summed E-state index contributed by atoms with van der Waals surface area (Å²) in [6.45, 7) is 4.57. The van der Waals surface area contributed by atoms with E-state index in [4.69, 9.17) is 4.74 Å². The molecule has 0 spiro atoms. The number of aryl methyl sites for hydroxylation is 1. The molecule has 0 saturated carbocycles. The molecule has 1 amide bonds. The van der Waals surface area contributed by atoms with Gasteiger partial charge in [-0.2, -0.15) is 0 Å². The van der Waals surface area contributed by atoms with Crippen LogP contribution in [-0.2, 0) is 6.54 Å². The number of aromatic nitrogens is 2. The Morgan fingerprint density at radius 3 is 2.57 bits per heavy atom. The number of hydrogen-bond acceptors (Lipinski definition) is 3. The van der Waals surface area contributed by atoms with E-state index < -0.39 is 0 Å². The molecule has 1 fully saturated rings. The maximum absolute atomic E-state index is 13.0. The van der Waals surface area contributed by atoms with Crippen LogP contribution >= 0.6 is 0 Å². The van der Waals surface area contributed by atoms with Gasteiger partial charge in [0.25, 0.3) is 5.91 Å². The van der Waals surface area contributed by atoms with Crippen LogP contribution in [-0.4, -0.2) is 33.4 Å². The Kier molecular flexibility index (Phi) is 5.42. The minimum absolute atomic E-state index is 0.0656. The van der Waals surface area contributed by atoms with Gasteiger partial charge in [-0.3, -0.25) is 4.79 Å². The first-order valence-electron chi connectivity index (χ1n) is 9.88. The quantitative estimate of drug-likeness (QED) is 0.648. The fraction of sp³-hybridized carbons (Fsp3) is 0.304. The van der Waals surface area contributed by atoms with Gasteiger partial charge in [0.15, 0.2) is 0 Å². The number of likely N-dealkylation sites (tertiary alicyclic amines) is 1. The number of carbonyl (C=O) groups excluding carboxylic acids is 1. The summed E-state index contributed by atoms with van der Waals surface area (Å²) in [4.78, 5) is 19.4. The van der Waals surface area contributed by atoms with E-state index in [1.54, 1.807) is 0 Å². The van der Waals surface area contributed by atoms with Crippen LogP contribution in [0.25, 0.3) is 0 Å². The molecule has 2 aromatic carbocycles. The lowest BCUT2D eigenvalue weighted by molar-refractivity contribution is 0.0710. The molecule has 0 unspecified atom stereocenters. The number of piperidine rings is 1. The molecule has 1 aliphatic heterocycles. The predicted octanol–water partition coefficient (Wildman–Crippen LogP) is 4.72. The van der Waals surface area contributed by atoms with Crippen molar-refractivity contribution < 1.29 is 9.53 Å². The largest absolute Gasteiger partial charge is 0.457 e. The highest BCUT2D eigenvalue weighted by atomic mass is 16.5. The molecule has 4 rings (SSSR count). The Labute approximate surface area is 165 Å². The second kappa shape index (κ2) is 8.30. The van der Waals surface area contributed by atoms with E-state index >= 15 is 0 Å². The van der Waals surface area contributed by atoms with Gasteiger partial charge in [-0.15, -0.1) is 0 Å². The van der Waals surface area contributed by atoms with E-state index in [0.29, 0.717) is 17.2 Å². The normalized spacial score (nSPS) is 14.8. The van der Waals surface area contributed by atoms with Crippen LogP contribution in [0.4, 0.5) is 0 Å². The number of ether oxygens (including phenoxy) is 1. The summed E-state index contributed by atoms with van der Waals surface area (Å²) in [5.41, 5.74) is 0.668. The molecule has 0 bridgehead atoms. The molecule has 0 N–H and O–H groups in total. The maximum Gasteiger partial charge on any atom is 0.253 e. The summed E-state index contributed by atoms with van der Waals surface area (Å²) in [7, 11) is 0. The summed E-state index contributed by atoms with van der Waals surface area (Å²) >= 11 is 0. The Morgan fingerprint density at radius 2 is 1.82 bits per heavy atom. The van der Waals surface area contributed by atoms with Crippen molar-refractivity contribution in [3.05, 3.63) is 78.4 Å². The number of imidazole rings is 1. The topological polar surface area (TPSA) is 47.4 Å². The Morgan fingerprint density at radius 1 is 1.07 bits per heavy atom. The molecular weight excluding hydrogens is 350 g/mol. The summed E-state index contributed by atoms with van der Waals surface area (Å²) in [5.74, 6) is 3.08. The first-order chi connectivity index (χ1) is 13.7. The third-order valence-corrected chi connectivity index (χ3v) is 5.30. The molecule has 1 saturated heterocycles. The van der Waals surface area contributed by atoms with Gasteiger partial charge in [0.1, 0.15) is 17.3 Å². The van der Waals surface area contributed by atoms with E-state index in [-0.39, 0.29) is 5.91 Å². The zero-order valence-electron chi connectivity index (χ0n) is 16.1. The third-order valence-electron chi connectivity index (χ3n) is 5.30. The maximum atomic E-state index is 13.0. The number of rotatable bonds is 5. The second-order valence-corrected chi connectivity index (χ2v) is 7.08. The van der Waals surface area contributed by atoms with Crippen LogP contribution in [0.2, 0.25) is 0 Å². The number of hydrogen-bond donors (Lipinski definition) is 0. The molecule has 5 heteroatoms. The highest BCUT2D eigenvalue weighted by Crippen LogP contribution is 2.28. The smallest absolute Gasteiger partial charge is 0.253 e. The standard InChI is InChI=1S/C23H25N3O2/c1-2-25-16-13-24-22(25)18-11-14-26(15-12-18)23(27)19-7-6-10-21(17-19)28-20-8-4-3-5-9-20/h3-10,13,16-18H,2,11-12,14-15H2,1H3. The van der Waals surface area contributed by atoms with E-state index in [9.17, 15) is 4.79 Å². The number of carbonyl (C=O) groups is 1. The van der Waals surface area contributed by atoms with E-state index in [1.165, 1.54) is 0 Å². The van der Waals surface area contributed by atoms with Crippen molar-refractivity contribution in [2.45, 2.75) is 32.2 Å². The van der Waals surface area contributed by atoms with Gasteiger partial charge in [-0.25, -0.2) is 4.98 Å². The summed E-state index contributed by atoms with van der Waals surface area (Å²) in [6, 6.07) is 17.0. The van der Waals surface area contributed by atoms with Gasteiger partial charge >= 0.3 is 0 Å². The molecular formula is C23H25N3O2. The lowest BCUT2D eigenvalue weighted by atomic mass is 9.95. The lowest BCUT2D eigenvalue weighted by Gasteiger charge is -2.32. The number of amides is 1. The van der Waals surface area contributed by atoms with Gasteiger partial charge in [0.05, 0.1) is 0 Å². The van der Waals surface area contributed by atoms with Crippen LogP contribution in [0.5, 0.6) is 11.5 Å². The second-order valence-electron chi connectivity index (χ2n) is 7.08. The third kappa shape index (κ3) is 3.93. The Hall–Kier alpha value is -3.08. The first kappa shape index (κ1) is 18.3. The number of benzene rings is 2. The van der Waals surface area contributed by atoms with Crippen LogP contribution in [0.1, 0.15) is 41.9 Å². The average Bonchev–Trinajstić information content (AvgIpc) is 3.23. The SMILES string of the molecule is CCn1ccnc1C1CCN(C(=O)c2cccc(Oc3ccccc3)c2)CC1. The van der Waals surface area contributed by atoms with Crippen molar-refractivity contribution in [1.29, 1.82) is 0 Å². The highest BCUT2D eigenvalue weighted by molar-refractivity contribution is 5.94. The zero-order chi connectivity index (χ0) is 19.3. The molecule has 0 atom stereocenters. The van der Waals surface area contributed by atoms with Crippen LogP contribution in [0.15, 0.2) is 67.0 Å². The van der Waals surface area contributed by atoms with Gasteiger partial charge in [0.2, 0.25) is 0 Å². The van der Waals surface area contributed by atoms with Crippen LogP contribution in [0, 0.1) is 0 Å². The van der Waals surface area contributed by atoms with E-state index in [2.05, 4.69) is 16.5 Å². The van der Waals surface area contributed by atoms with Crippen molar-refractivity contribution in [3.8, 4) is 11.5 Å². The first-order valence-corrected chi connectivity index (χ1v) is 9.88. The van der Waals surface area contributed by atoms with E-state index in [1.807, 2.05) is 71.9 Å². The van der Waals surface area contributed by atoms with Crippen molar-refractivity contribution in [3.63, 3.8) is 0 Å².